The molecule has 68 valence electrons. The molecule has 0 bridgehead atoms. The SMILES string of the molecule is CCCCN1CCOC(C#N)C1. The smallest absolute Gasteiger partial charge is 0.156 e. The maximum Gasteiger partial charge on any atom is 0.156 e. The highest BCUT2D eigenvalue weighted by Crippen LogP contribution is 2.05. The van der Waals surface area contributed by atoms with Crippen LogP contribution in [0.15, 0.2) is 0 Å². The van der Waals surface area contributed by atoms with Gasteiger partial charge in [0.05, 0.1) is 12.7 Å². The van der Waals surface area contributed by atoms with Crippen LogP contribution in [0.3, 0.4) is 0 Å². The van der Waals surface area contributed by atoms with E-state index in [0.717, 1.165) is 19.6 Å². The van der Waals surface area contributed by atoms with Crippen LogP contribution < -0.4 is 0 Å². The van der Waals surface area contributed by atoms with Crippen molar-refractivity contribution in [2.24, 2.45) is 0 Å². The van der Waals surface area contributed by atoms with Gasteiger partial charge in [0.25, 0.3) is 0 Å². The van der Waals surface area contributed by atoms with Crippen LogP contribution in [-0.4, -0.2) is 37.2 Å². The Kier molecular flexibility index (Phi) is 4.06. The first-order valence-electron chi connectivity index (χ1n) is 4.60. The molecule has 0 N–H and O–H groups in total. The third kappa shape index (κ3) is 2.80. The van der Waals surface area contributed by atoms with E-state index < -0.39 is 0 Å². The number of unbranched alkanes of at least 4 members (excludes halogenated alkanes) is 1. The summed E-state index contributed by atoms with van der Waals surface area (Å²) >= 11 is 0. The van der Waals surface area contributed by atoms with E-state index in [-0.39, 0.29) is 6.10 Å². The molecule has 1 aliphatic rings. The minimum Gasteiger partial charge on any atom is -0.361 e. The average molecular weight is 168 g/mol. The number of nitrogens with zero attached hydrogens (tertiary/aromatic N) is 2. The van der Waals surface area contributed by atoms with Crippen LogP contribution >= 0.6 is 0 Å². The summed E-state index contributed by atoms with van der Waals surface area (Å²) in [4.78, 5) is 2.31. The van der Waals surface area contributed by atoms with Crippen LogP contribution in [0.5, 0.6) is 0 Å². The second kappa shape index (κ2) is 5.13. The van der Waals surface area contributed by atoms with Gasteiger partial charge in [0.2, 0.25) is 0 Å². The Balaban J connectivity index is 2.22. The fourth-order valence-electron chi connectivity index (χ4n) is 1.37. The molecule has 1 unspecified atom stereocenters. The lowest BCUT2D eigenvalue weighted by Gasteiger charge is -2.29. The Morgan fingerprint density at radius 3 is 3.17 bits per heavy atom. The van der Waals surface area contributed by atoms with Gasteiger partial charge < -0.3 is 4.74 Å². The fraction of sp³-hybridized carbons (Fsp3) is 0.889. The molecule has 0 amide bonds. The molecule has 0 spiro atoms. The topological polar surface area (TPSA) is 36.3 Å². The molecule has 1 heterocycles. The molecule has 0 aromatic heterocycles. The van der Waals surface area contributed by atoms with Gasteiger partial charge in [-0.2, -0.15) is 5.26 Å². The monoisotopic (exact) mass is 168 g/mol. The lowest BCUT2D eigenvalue weighted by Crippen LogP contribution is -2.42. The summed E-state index contributed by atoms with van der Waals surface area (Å²) in [5.41, 5.74) is 0. The van der Waals surface area contributed by atoms with E-state index in [1.165, 1.54) is 12.8 Å². The van der Waals surface area contributed by atoms with Crippen LogP contribution in [0.1, 0.15) is 19.8 Å². The molecule has 1 saturated heterocycles. The van der Waals surface area contributed by atoms with Gasteiger partial charge >= 0.3 is 0 Å². The van der Waals surface area contributed by atoms with E-state index in [1.807, 2.05) is 0 Å². The summed E-state index contributed by atoms with van der Waals surface area (Å²) in [6.07, 6.45) is 2.24. The Hall–Kier alpha value is -0.590. The highest BCUT2D eigenvalue weighted by Gasteiger charge is 2.18. The highest BCUT2D eigenvalue weighted by atomic mass is 16.5. The van der Waals surface area contributed by atoms with Gasteiger partial charge in [-0.3, -0.25) is 4.90 Å². The van der Waals surface area contributed by atoms with Gasteiger partial charge in [-0.05, 0) is 13.0 Å². The van der Waals surface area contributed by atoms with Crippen molar-refractivity contribution in [2.75, 3.05) is 26.2 Å². The van der Waals surface area contributed by atoms with Crippen molar-refractivity contribution in [3.8, 4) is 6.07 Å². The Morgan fingerprint density at radius 2 is 2.50 bits per heavy atom. The zero-order valence-corrected chi connectivity index (χ0v) is 7.62. The predicted octanol–water partition coefficient (Wildman–Crippen LogP) is 1.01. The van der Waals surface area contributed by atoms with Crippen molar-refractivity contribution in [2.45, 2.75) is 25.9 Å². The van der Waals surface area contributed by atoms with Crippen LogP contribution in [0.25, 0.3) is 0 Å². The Morgan fingerprint density at radius 1 is 1.67 bits per heavy atom. The van der Waals surface area contributed by atoms with Crippen LogP contribution in [0.2, 0.25) is 0 Å². The third-order valence-electron chi connectivity index (χ3n) is 2.12. The first kappa shape index (κ1) is 9.50. The second-order valence-corrected chi connectivity index (χ2v) is 3.14. The zero-order valence-electron chi connectivity index (χ0n) is 7.62. The van der Waals surface area contributed by atoms with Crippen molar-refractivity contribution >= 4 is 0 Å². The molecule has 0 aromatic rings. The Labute approximate surface area is 73.9 Å². The summed E-state index contributed by atoms with van der Waals surface area (Å²) in [5.74, 6) is 0. The summed E-state index contributed by atoms with van der Waals surface area (Å²) < 4.78 is 5.23. The van der Waals surface area contributed by atoms with Gasteiger partial charge in [-0.25, -0.2) is 0 Å². The van der Waals surface area contributed by atoms with Crippen LogP contribution in [-0.2, 0) is 4.74 Å². The van der Waals surface area contributed by atoms with Crippen molar-refractivity contribution in [1.82, 2.24) is 4.90 Å². The zero-order chi connectivity index (χ0) is 8.81. The predicted molar refractivity (Wildman–Crippen MR) is 46.7 cm³/mol. The van der Waals surface area contributed by atoms with Gasteiger partial charge in [0.1, 0.15) is 0 Å². The van der Waals surface area contributed by atoms with Crippen LogP contribution in [0.4, 0.5) is 0 Å². The minimum absolute atomic E-state index is 0.199. The number of ether oxygens (including phenoxy) is 1. The number of hydrogen-bond acceptors (Lipinski definition) is 3. The fourth-order valence-corrected chi connectivity index (χ4v) is 1.37. The number of hydrogen-bond donors (Lipinski definition) is 0. The largest absolute Gasteiger partial charge is 0.361 e. The van der Waals surface area contributed by atoms with Gasteiger partial charge in [-0.1, -0.05) is 13.3 Å². The number of rotatable bonds is 3. The lowest BCUT2D eigenvalue weighted by atomic mass is 10.2. The van der Waals surface area contributed by atoms with E-state index in [4.69, 9.17) is 10.00 Å². The van der Waals surface area contributed by atoms with E-state index >= 15 is 0 Å². The van der Waals surface area contributed by atoms with Gasteiger partial charge in [0.15, 0.2) is 6.10 Å². The lowest BCUT2D eigenvalue weighted by molar-refractivity contribution is 0.000195. The van der Waals surface area contributed by atoms with E-state index in [0.29, 0.717) is 6.61 Å². The quantitative estimate of drug-likeness (QED) is 0.631. The Bertz CT molecular complexity index is 164. The molecular weight excluding hydrogens is 152 g/mol. The molecule has 1 atom stereocenters. The molecule has 0 radical (unpaired) electrons. The summed E-state index contributed by atoms with van der Waals surface area (Å²) in [7, 11) is 0. The third-order valence-corrected chi connectivity index (χ3v) is 2.12. The van der Waals surface area contributed by atoms with Crippen molar-refractivity contribution in [1.29, 1.82) is 5.26 Å². The molecule has 1 fully saturated rings. The molecule has 1 rings (SSSR count). The average Bonchev–Trinajstić information content (AvgIpc) is 2.15. The number of morpholine rings is 1. The van der Waals surface area contributed by atoms with Crippen molar-refractivity contribution < 1.29 is 4.74 Å². The molecule has 0 aromatic carbocycles. The van der Waals surface area contributed by atoms with E-state index in [1.54, 1.807) is 0 Å². The molecule has 1 aliphatic heterocycles. The molecule has 0 aliphatic carbocycles. The van der Waals surface area contributed by atoms with Crippen LogP contribution in [0, 0.1) is 11.3 Å². The number of nitriles is 1. The second-order valence-electron chi connectivity index (χ2n) is 3.14. The van der Waals surface area contributed by atoms with Crippen molar-refractivity contribution in [3.05, 3.63) is 0 Å². The molecule has 0 saturated carbocycles. The van der Waals surface area contributed by atoms with Gasteiger partial charge in [-0.15, -0.1) is 0 Å². The summed E-state index contributed by atoms with van der Waals surface area (Å²) in [6, 6.07) is 2.15. The van der Waals surface area contributed by atoms with Crippen molar-refractivity contribution in [3.63, 3.8) is 0 Å². The standard InChI is InChI=1S/C9H16N2O/c1-2-3-4-11-5-6-12-9(7-10)8-11/h9H,2-6,8H2,1H3. The van der Waals surface area contributed by atoms with E-state index in [2.05, 4.69) is 17.9 Å². The summed E-state index contributed by atoms with van der Waals surface area (Å²) in [6.45, 7) is 5.77. The first-order valence-corrected chi connectivity index (χ1v) is 4.60. The van der Waals surface area contributed by atoms with Gasteiger partial charge in [0, 0.05) is 13.1 Å². The highest BCUT2D eigenvalue weighted by molar-refractivity contribution is 4.88. The molecular formula is C9H16N2O. The maximum absolute atomic E-state index is 8.63. The molecule has 12 heavy (non-hydrogen) atoms. The molecule has 3 heteroatoms. The first-order chi connectivity index (χ1) is 5.86. The minimum atomic E-state index is -0.199. The normalized spacial score (nSPS) is 25.2. The summed E-state index contributed by atoms with van der Waals surface area (Å²) in [5, 5.41) is 8.63. The molecule has 3 nitrogen and oxygen atoms in total. The van der Waals surface area contributed by atoms with E-state index in [9.17, 15) is 0 Å². The maximum atomic E-state index is 8.63.